The molecule has 1 aromatic heterocycles. The summed E-state index contributed by atoms with van der Waals surface area (Å²) in [5.41, 5.74) is 1.30. The molecule has 1 N–H and O–H groups in total. The van der Waals surface area contributed by atoms with Crippen LogP contribution in [0.15, 0.2) is 12.4 Å². The number of nitrogens with zero attached hydrogens (tertiary/aromatic N) is 3. The lowest BCUT2D eigenvalue weighted by atomic mass is 9.89. The minimum atomic E-state index is 0.115. The van der Waals surface area contributed by atoms with Gasteiger partial charge < -0.3 is 10.2 Å². The second kappa shape index (κ2) is 5.87. The second-order valence-corrected chi connectivity index (χ2v) is 6.61. The Morgan fingerprint density at radius 3 is 2.53 bits per heavy atom. The van der Waals surface area contributed by atoms with Gasteiger partial charge in [0.05, 0.1) is 0 Å². The van der Waals surface area contributed by atoms with Crippen LogP contribution in [-0.4, -0.2) is 36.6 Å². The van der Waals surface area contributed by atoms with Gasteiger partial charge in [0, 0.05) is 26.0 Å². The molecule has 0 bridgehead atoms. The molecule has 4 heteroatoms. The summed E-state index contributed by atoms with van der Waals surface area (Å²) in [6.07, 6.45) is 6.50. The molecule has 1 aliphatic rings. The summed E-state index contributed by atoms with van der Waals surface area (Å²) in [6.45, 7) is 9.86. The third-order valence-corrected chi connectivity index (χ3v) is 3.78. The number of aromatic nitrogens is 2. The molecule has 1 fully saturated rings. The second-order valence-electron chi connectivity index (χ2n) is 6.61. The van der Waals surface area contributed by atoms with Gasteiger partial charge in [-0.3, -0.25) is 0 Å². The predicted octanol–water partition coefficient (Wildman–Crippen LogP) is 2.21. The molecule has 1 saturated heterocycles. The van der Waals surface area contributed by atoms with Gasteiger partial charge in [-0.25, -0.2) is 9.97 Å². The van der Waals surface area contributed by atoms with Crippen LogP contribution in [0.5, 0.6) is 0 Å². The average Bonchev–Trinajstić information content (AvgIpc) is 2.39. The van der Waals surface area contributed by atoms with Crippen molar-refractivity contribution in [1.82, 2.24) is 15.3 Å². The van der Waals surface area contributed by atoms with E-state index in [1.807, 2.05) is 12.4 Å². The molecule has 1 atom stereocenters. The largest absolute Gasteiger partial charge is 0.344 e. The van der Waals surface area contributed by atoms with Gasteiger partial charge >= 0.3 is 0 Å². The molecule has 1 aliphatic heterocycles. The van der Waals surface area contributed by atoms with Crippen LogP contribution in [0.3, 0.4) is 0 Å². The van der Waals surface area contributed by atoms with Crippen LogP contribution in [0, 0.1) is 5.92 Å². The number of anilines is 1. The van der Waals surface area contributed by atoms with E-state index < -0.39 is 0 Å². The Kier molecular flexibility index (Phi) is 4.40. The Labute approximate surface area is 116 Å². The smallest absolute Gasteiger partial charge is 0.225 e. The topological polar surface area (TPSA) is 41.0 Å². The van der Waals surface area contributed by atoms with Crippen molar-refractivity contribution in [2.24, 2.45) is 5.92 Å². The molecule has 0 amide bonds. The van der Waals surface area contributed by atoms with Crippen LogP contribution in [0.25, 0.3) is 0 Å². The fourth-order valence-corrected chi connectivity index (χ4v) is 2.45. The van der Waals surface area contributed by atoms with E-state index in [0.717, 1.165) is 25.6 Å². The molecule has 1 unspecified atom stereocenters. The van der Waals surface area contributed by atoms with Gasteiger partial charge in [0.15, 0.2) is 0 Å². The van der Waals surface area contributed by atoms with Gasteiger partial charge in [-0.1, -0.05) is 20.8 Å². The molecular formula is C15H26N4. The van der Waals surface area contributed by atoms with Gasteiger partial charge in [0.1, 0.15) is 0 Å². The molecular weight excluding hydrogens is 236 g/mol. The standard InChI is InChI=1S/C15H26N4/c1-15(2,3)13-9-17-14(18-10-13)19(4)11-12-6-5-7-16-8-12/h9-10,12,16H,5-8,11H2,1-4H3. The predicted molar refractivity (Wildman–Crippen MR) is 79.6 cm³/mol. The van der Waals surface area contributed by atoms with Crippen molar-refractivity contribution in [3.05, 3.63) is 18.0 Å². The van der Waals surface area contributed by atoms with Gasteiger partial charge in [-0.15, -0.1) is 0 Å². The first-order valence-electron chi connectivity index (χ1n) is 7.21. The van der Waals surface area contributed by atoms with E-state index in [0.29, 0.717) is 5.92 Å². The monoisotopic (exact) mass is 262 g/mol. The van der Waals surface area contributed by atoms with Crippen molar-refractivity contribution in [3.8, 4) is 0 Å². The molecule has 0 aromatic carbocycles. The van der Waals surface area contributed by atoms with Gasteiger partial charge in [-0.05, 0) is 42.8 Å². The maximum absolute atomic E-state index is 4.50. The lowest BCUT2D eigenvalue weighted by molar-refractivity contribution is 0.380. The Balaban J connectivity index is 1.97. The summed E-state index contributed by atoms with van der Waals surface area (Å²) in [7, 11) is 2.08. The van der Waals surface area contributed by atoms with Crippen LogP contribution in [0.4, 0.5) is 5.95 Å². The summed E-state index contributed by atoms with van der Waals surface area (Å²) in [5, 5.41) is 3.45. The third-order valence-electron chi connectivity index (χ3n) is 3.78. The molecule has 2 heterocycles. The highest BCUT2D eigenvalue weighted by Gasteiger charge is 2.18. The highest BCUT2D eigenvalue weighted by atomic mass is 15.2. The highest BCUT2D eigenvalue weighted by Crippen LogP contribution is 2.21. The zero-order valence-electron chi connectivity index (χ0n) is 12.6. The maximum atomic E-state index is 4.50. The number of hydrogen-bond donors (Lipinski definition) is 1. The first-order chi connectivity index (χ1) is 8.97. The summed E-state index contributed by atoms with van der Waals surface area (Å²) in [6, 6.07) is 0. The van der Waals surface area contributed by atoms with Crippen LogP contribution in [0.1, 0.15) is 39.2 Å². The van der Waals surface area contributed by atoms with Crippen LogP contribution < -0.4 is 10.2 Å². The van der Waals surface area contributed by atoms with Gasteiger partial charge in [-0.2, -0.15) is 0 Å². The Bertz CT molecular complexity index is 388. The van der Waals surface area contributed by atoms with E-state index >= 15 is 0 Å². The molecule has 4 nitrogen and oxygen atoms in total. The summed E-state index contributed by atoms with van der Waals surface area (Å²) in [4.78, 5) is 11.2. The molecule has 0 spiro atoms. The number of piperidine rings is 1. The minimum absolute atomic E-state index is 0.115. The molecule has 0 radical (unpaired) electrons. The van der Waals surface area contributed by atoms with Gasteiger partial charge in [0.2, 0.25) is 5.95 Å². The lowest BCUT2D eigenvalue weighted by Gasteiger charge is -2.28. The van der Waals surface area contributed by atoms with Gasteiger partial charge in [0.25, 0.3) is 0 Å². The average molecular weight is 262 g/mol. The first-order valence-corrected chi connectivity index (χ1v) is 7.21. The molecule has 1 aromatic rings. The van der Waals surface area contributed by atoms with E-state index in [9.17, 15) is 0 Å². The minimum Gasteiger partial charge on any atom is -0.344 e. The molecule has 0 saturated carbocycles. The van der Waals surface area contributed by atoms with E-state index in [2.05, 4.69) is 48.0 Å². The quantitative estimate of drug-likeness (QED) is 0.907. The molecule has 106 valence electrons. The normalized spacial score (nSPS) is 20.3. The van der Waals surface area contributed by atoms with Crippen LogP contribution in [0.2, 0.25) is 0 Å². The van der Waals surface area contributed by atoms with E-state index in [1.54, 1.807) is 0 Å². The molecule has 2 rings (SSSR count). The zero-order chi connectivity index (χ0) is 13.9. The number of rotatable bonds is 3. The van der Waals surface area contributed by atoms with Crippen molar-refractivity contribution in [2.75, 3.05) is 31.6 Å². The summed E-state index contributed by atoms with van der Waals surface area (Å²) >= 11 is 0. The Hall–Kier alpha value is -1.16. The van der Waals surface area contributed by atoms with E-state index in [1.165, 1.54) is 18.4 Å². The lowest BCUT2D eigenvalue weighted by Crippen LogP contribution is -2.37. The van der Waals surface area contributed by atoms with Crippen molar-refractivity contribution < 1.29 is 0 Å². The fourth-order valence-electron chi connectivity index (χ4n) is 2.45. The Morgan fingerprint density at radius 2 is 2.00 bits per heavy atom. The fraction of sp³-hybridized carbons (Fsp3) is 0.733. The van der Waals surface area contributed by atoms with Crippen LogP contribution in [-0.2, 0) is 5.41 Å². The highest BCUT2D eigenvalue weighted by molar-refractivity contribution is 5.30. The van der Waals surface area contributed by atoms with E-state index in [-0.39, 0.29) is 5.41 Å². The van der Waals surface area contributed by atoms with Crippen LogP contribution >= 0.6 is 0 Å². The Morgan fingerprint density at radius 1 is 1.32 bits per heavy atom. The maximum Gasteiger partial charge on any atom is 0.225 e. The van der Waals surface area contributed by atoms with Crippen molar-refractivity contribution >= 4 is 5.95 Å². The summed E-state index contributed by atoms with van der Waals surface area (Å²) < 4.78 is 0. The summed E-state index contributed by atoms with van der Waals surface area (Å²) in [5.74, 6) is 1.54. The zero-order valence-corrected chi connectivity index (χ0v) is 12.6. The van der Waals surface area contributed by atoms with Crippen molar-refractivity contribution in [1.29, 1.82) is 0 Å². The van der Waals surface area contributed by atoms with E-state index in [4.69, 9.17) is 0 Å². The molecule has 19 heavy (non-hydrogen) atoms. The van der Waals surface area contributed by atoms with Crippen molar-refractivity contribution in [2.45, 2.75) is 39.0 Å². The number of nitrogens with one attached hydrogen (secondary N) is 1. The number of hydrogen-bond acceptors (Lipinski definition) is 4. The molecule has 0 aliphatic carbocycles. The van der Waals surface area contributed by atoms with Crippen molar-refractivity contribution in [3.63, 3.8) is 0 Å². The third kappa shape index (κ3) is 3.90. The SMILES string of the molecule is CN(CC1CCCNC1)c1ncc(C(C)(C)C)cn1. The first kappa shape index (κ1) is 14.3.